The Balaban J connectivity index is 1.36. The molecule has 2 aromatic carbocycles. The van der Waals surface area contributed by atoms with Gasteiger partial charge in [0.2, 0.25) is 0 Å². The highest BCUT2D eigenvalue weighted by molar-refractivity contribution is 7.99. The lowest BCUT2D eigenvalue weighted by atomic mass is 10.0. The number of hydrogen-bond donors (Lipinski definition) is 0. The van der Waals surface area contributed by atoms with Gasteiger partial charge in [0, 0.05) is 23.6 Å². The Morgan fingerprint density at radius 1 is 0.970 bits per heavy atom. The third-order valence-electron chi connectivity index (χ3n) is 5.75. The van der Waals surface area contributed by atoms with Crippen LogP contribution >= 0.6 is 11.8 Å². The first-order chi connectivity index (χ1) is 16.1. The van der Waals surface area contributed by atoms with E-state index in [-0.39, 0.29) is 11.8 Å². The number of carbonyl (C=O) groups is 1. The van der Waals surface area contributed by atoms with E-state index in [4.69, 9.17) is 14.2 Å². The summed E-state index contributed by atoms with van der Waals surface area (Å²) < 4.78 is 19.3. The number of aromatic nitrogens is 3. The van der Waals surface area contributed by atoms with Gasteiger partial charge in [-0.2, -0.15) is 0 Å². The molecule has 0 unspecified atom stereocenters. The third kappa shape index (κ3) is 4.57. The normalized spacial score (nSPS) is 15.0. The summed E-state index contributed by atoms with van der Waals surface area (Å²) in [5, 5.41) is 9.59. The summed E-state index contributed by atoms with van der Waals surface area (Å²) in [6.45, 7) is 6.20. The van der Waals surface area contributed by atoms with Crippen LogP contribution in [0.15, 0.2) is 41.6 Å². The van der Waals surface area contributed by atoms with Crippen LogP contribution in [0.25, 0.3) is 11.4 Å². The zero-order valence-corrected chi connectivity index (χ0v) is 19.7. The average Bonchev–Trinajstić information content (AvgIpc) is 3.13. The van der Waals surface area contributed by atoms with E-state index in [1.165, 1.54) is 11.8 Å². The van der Waals surface area contributed by atoms with Gasteiger partial charge in [-0.3, -0.25) is 9.36 Å². The molecule has 1 aromatic heterocycles. The SMILES string of the molecule is CC(C)n1c(SCC(=O)c2ccc3c(c2)CCCO3)nnc1-c1ccc2c(c1)OCCCO2. The van der Waals surface area contributed by atoms with Crippen molar-refractivity contribution in [1.82, 2.24) is 14.8 Å². The van der Waals surface area contributed by atoms with Gasteiger partial charge in [-0.1, -0.05) is 11.8 Å². The molecule has 0 aliphatic carbocycles. The highest BCUT2D eigenvalue weighted by Gasteiger charge is 2.21. The minimum Gasteiger partial charge on any atom is -0.493 e. The molecule has 0 bridgehead atoms. The fourth-order valence-corrected chi connectivity index (χ4v) is 5.05. The van der Waals surface area contributed by atoms with E-state index in [2.05, 4.69) is 28.6 Å². The molecule has 8 heteroatoms. The van der Waals surface area contributed by atoms with Crippen molar-refractivity contribution in [3.63, 3.8) is 0 Å². The Bertz CT molecular complexity index is 1170. The first-order valence-electron chi connectivity index (χ1n) is 11.4. The summed E-state index contributed by atoms with van der Waals surface area (Å²) in [6, 6.07) is 11.7. The van der Waals surface area contributed by atoms with Gasteiger partial charge in [0.25, 0.3) is 0 Å². The molecule has 0 saturated carbocycles. The molecule has 172 valence electrons. The summed E-state index contributed by atoms with van der Waals surface area (Å²) in [6.07, 6.45) is 2.79. The molecule has 0 amide bonds. The van der Waals surface area contributed by atoms with Gasteiger partial charge >= 0.3 is 0 Å². The molecule has 0 atom stereocenters. The maximum absolute atomic E-state index is 12.9. The number of thioether (sulfide) groups is 1. The average molecular weight is 466 g/mol. The van der Waals surface area contributed by atoms with Gasteiger partial charge in [-0.05, 0) is 68.7 Å². The number of aryl methyl sites for hydroxylation is 1. The fraction of sp³-hybridized carbons (Fsp3) is 0.400. The van der Waals surface area contributed by atoms with E-state index in [1.54, 1.807) is 0 Å². The molecule has 3 heterocycles. The number of nitrogens with zero attached hydrogens (tertiary/aromatic N) is 3. The van der Waals surface area contributed by atoms with E-state index in [9.17, 15) is 4.79 Å². The molecule has 3 aromatic rings. The van der Waals surface area contributed by atoms with Crippen LogP contribution in [-0.4, -0.2) is 46.1 Å². The highest BCUT2D eigenvalue weighted by Crippen LogP contribution is 2.36. The van der Waals surface area contributed by atoms with Crippen molar-refractivity contribution >= 4 is 17.5 Å². The highest BCUT2D eigenvalue weighted by atomic mass is 32.2. The molecule has 0 saturated heterocycles. The van der Waals surface area contributed by atoms with Gasteiger partial charge in [-0.25, -0.2) is 0 Å². The Hall–Kier alpha value is -3.00. The zero-order chi connectivity index (χ0) is 22.8. The fourth-order valence-electron chi connectivity index (χ4n) is 4.09. The Labute approximate surface area is 197 Å². The number of fused-ring (bicyclic) bond motifs is 2. The van der Waals surface area contributed by atoms with Crippen molar-refractivity contribution < 1.29 is 19.0 Å². The molecule has 0 spiro atoms. The number of Topliss-reactive ketones (excluding diaryl/α,β-unsaturated/α-hetero) is 1. The van der Waals surface area contributed by atoms with E-state index in [1.807, 2.05) is 36.4 Å². The molecule has 2 aliphatic rings. The Morgan fingerprint density at radius 2 is 1.73 bits per heavy atom. The first kappa shape index (κ1) is 21.8. The molecule has 2 aliphatic heterocycles. The number of ketones is 1. The van der Waals surface area contributed by atoms with Crippen LogP contribution in [-0.2, 0) is 6.42 Å². The van der Waals surface area contributed by atoms with E-state index in [0.29, 0.717) is 24.5 Å². The van der Waals surface area contributed by atoms with Crippen molar-refractivity contribution in [3.05, 3.63) is 47.5 Å². The zero-order valence-electron chi connectivity index (χ0n) is 18.9. The maximum atomic E-state index is 12.9. The van der Waals surface area contributed by atoms with Gasteiger partial charge in [0.05, 0.1) is 25.6 Å². The second kappa shape index (κ2) is 9.47. The minimum absolute atomic E-state index is 0.0730. The molecule has 33 heavy (non-hydrogen) atoms. The van der Waals surface area contributed by atoms with Crippen LogP contribution in [0.3, 0.4) is 0 Å². The van der Waals surface area contributed by atoms with Gasteiger partial charge in [0.1, 0.15) is 5.75 Å². The summed E-state index contributed by atoms with van der Waals surface area (Å²) in [5.41, 5.74) is 2.73. The summed E-state index contributed by atoms with van der Waals surface area (Å²) in [4.78, 5) is 12.9. The number of benzene rings is 2. The second-order valence-electron chi connectivity index (χ2n) is 8.47. The lowest BCUT2D eigenvalue weighted by molar-refractivity contribution is 0.102. The van der Waals surface area contributed by atoms with Crippen LogP contribution in [0, 0.1) is 0 Å². The molecule has 0 fully saturated rings. The molecular weight excluding hydrogens is 438 g/mol. The Kier molecular flexibility index (Phi) is 6.26. The molecule has 0 radical (unpaired) electrons. The van der Waals surface area contributed by atoms with Crippen LogP contribution in [0.4, 0.5) is 0 Å². The quantitative estimate of drug-likeness (QED) is 0.375. The van der Waals surface area contributed by atoms with Crippen molar-refractivity contribution in [2.75, 3.05) is 25.6 Å². The molecule has 7 nitrogen and oxygen atoms in total. The lowest BCUT2D eigenvalue weighted by Gasteiger charge is -2.17. The third-order valence-corrected chi connectivity index (χ3v) is 6.69. The van der Waals surface area contributed by atoms with Crippen molar-refractivity contribution in [3.8, 4) is 28.6 Å². The minimum atomic E-state index is 0.0730. The summed E-state index contributed by atoms with van der Waals surface area (Å²) in [7, 11) is 0. The van der Waals surface area contributed by atoms with Crippen molar-refractivity contribution in [2.24, 2.45) is 0 Å². The maximum Gasteiger partial charge on any atom is 0.192 e. The number of rotatable bonds is 6. The number of hydrogen-bond acceptors (Lipinski definition) is 7. The predicted molar refractivity (Wildman–Crippen MR) is 127 cm³/mol. The largest absolute Gasteiger partial charge is 0.493 e. The van der Waals surface area contributed by atoms with Crippen molar-refractivity contribution in [1.29, 1.82) is 0 Å². The van der Waals surface area contributed by atoms with Gasteiger partial charge < -0.3 is 14.2 Å². The molecule has 0 N–H and O–H groups in total. The molecular formula is C25H27N3O4S. The van der Waals surface area contributed by atoms with E-state index >= 15 is 0 Å². The molecule has 5 rings (SSSR count). The van der Waals surface area contributed by atoms with Crippen LogP contribution in [0.2, 0.25) is 0 Å². The number of carbonyl (C=O) groups excluding carboxylic acids is 1. The van der Waals surface area contributed by atoms with Crippen LogP contribution < -0.4 is 14.2 Å². The second-order valence-corrected chi connectivity index (χ2v) is 9.41. The smallest absolute Gasteiger partial charge is 0.192 e. The van der Waals surface area contributed by atoms with Gasteiger partial charge in [0.15, 0.2) is 28.3 Å². The lowest BCUT2D eigenvalue weighted by Crippen LogP contribution is -2.11. The van der Waals surface area contributed by atoms with Crippen molar-refractivity contribution in [2.45, 2.75) is 44.3 Å². The topological polar surface area (TPSA) is 75.5 Å². The Morgan fingerprint density at radius 3 is 2.58 bits per heavy atom. The standard InChI is InChI=1S/C25H27N3O4S/c1-16(2)28-24(19-7-9-22-23(14-19)32-12-4-11-31-22)26-27-25(28)33-15-20(29)17-6-8-21-18(13-17)5-3-10-30-21/h6-9,13-14,16H,3-5,10-12,15H2,1-2H3. The van der Waals surface area contributed by atoms with Crippen LogP contribution in [0.1, 0.15) is 48.7 Å². The van der Waals surface area contributed by atoms with E-state index < -0.39 is 0 Å². The van der Waals surface area contributed by atoms with E-state index in [0.717, 1.165) is 65.2 Å². The monoisotopic (exact) mass is 465 g/mol. The number of ether oxygens (including phenoxy) is 3. The van der Waals surface area contributed by atoms with Gasteiger partial charge in [-0.15, -0.1) is 10.2 Å². The van der Waals surface area contributed by atoms with Crippen LogP contribution in [0.5, 0.6) is 17.2 Å². The summed E-state index contributed by atoms with van der Waals surface area (Å²) >= 11 is 1.42. The predicted octanol–water partition coefficient (Wildman–Crippen LogP) is 4.99. The first-order valence-corrected chi connectivity index (χ1v) is 12.4. The summed E-state index contributed by atoms with van der Waals surface area (Å²) in [5.74, 6) is 3.49.